The van der Waals surface area contributed by atoms with Gasteiger partial charge in [-0.05, 0) is 35.4 Å². The molecule has 0 fully saturated rings. The third kappa shape index (κ3) is 2.87. The monoisotopic (exact) mass is 397 g/mol. The van der Waals surface area contributed by atoms with Gasteiger partial charge in [0.15, 0.2) is 5.43 Å². The molecule has 2 heterocycles. The predicted octanol–water partition coefficient (Wildman–Crippen LogP) is 4.55. The fourth-order valence-electron chi connectivity index (χ4n) is 4.04. The van der Waals surface area contributed by atoms with Crippen LogP contribution in [0.1, 0.15) is 33.3 Å². The Labute approximate surface area is 173 Å². The summed E-state index contributed by atoms with van der Waals surface area (Å²) < 4.78 is 11.2. The summed E-state index contributed by atoms with van der Waals surface area (Å²) in [6.45, 7) is 0.371. The summed E-state index contributed by atoms with van der Waals surface area (Å²) in [5, 5.41) is 0.476. The Morgan fingerprint density at radius 1 is 0.900 bits per heavy atom. The van der Waals surface area contributed by atoms with E-state index in [4.69, 9.17) is 9.15 Å². The molecule has 0 spiro atoms. The number of carbonyl (C=O) groups is 1. The molecular weight excluding hydrogens is 378 g/mol. The van der Waals surface area contributed by atoms with Gasteiger partial charge in [0.2, 0.25) is 5.76 Å². The van der Waals surface area contributed by atoms with Crippen molar-refractivity contribution >= 4 is 16.9 Å². The molecule has 5 heteroatoms. The first kappa shape index (κ1) is 18.2. The normalized spacial score (nSPS) is 15.4. The van der Waals surface area contributed by atoms with Crippen LogP contribution in [0.4, 0.5) is 0 Å². The van der Waals surface area contributed by atoms with Gasteiger partial charge in [-0.2, -0.15) is 0 Å². The number of rotatable bonds is 4. The third-order valence-electron chi connectivity index (χ3n) is 5.50. The molecule has 5 rings (SSSR count). The summed E-state index contributed by atoms with van der Waals surface area (Å²) in [5.74, 6) is 0.552. The van der Waals surface area contributed by atoms with E-state index in [1.165, 1.54) is 0 Å². The Morgan fingerprint density at radius 3 is 2.33 bits per heavy atom. The van der Waals surface area contributed by atoms with E-state index >= 15 is 0 Å². The summed E-state index contributed by atoms with van der Waals surface area (Å²) in [7, 11) is 1.60. The van der Waals surface area contributed by atoms with E-state index in [9.17, 15) is 9.59 Å². The van der Waals surface area contributed by atoms with Gasteiger partial charge in [-0.15, -0.1) is 0 Å². The molecule has 148 valence electrons. The minimum absolute atomic E-state index is 0.121. The molecule has 30 heavy (non-hydrogen) atoms. The summed E-state index contributed by atoms with van der Waals surface area (Å²) in [6, 6.07) is 23.7. The summed E-state index contributed by atoms with van der Waals surface area (Å²) in [6.07, 6.45) is 0. The van der Waals surface area contributed by atoms with Crippen molar-refractivity contribution in [1.29, 1.82) is 0 Å². The molecule has 1 aromatic heterocycles. The standard InChI is InChI=1S/C25H19NO4/c1-29-18-13-11-17(12-14-18)22-21-23(27)19-9-5-6-10-20(19)30-24(21)25(28)26(22)15-16-7-3-2-4-8-16/h2-14,22H,15H2,1H3. The number of ether oxygens (including phenoxy) is 1. The number of amides is 1. The second-order valence-corrected chi connectivity index (χ2v) is 7.26. The summed E-state index contributed by atoms with van der Waals surface area (Å²) in [5.41, 5.74) is 2.46. The van der Waals surface area contributed by atoms with E-state index in [2.05, 4.69) is 0 Å². The van der Waals surface area contributed by atoms with E-state index in [1.54, 1.807) is 36.3 Å². The van der Waals surface area contributed by atoms with E-state index in [0.717, 1.165) is 11.1 Å². The highest BCUT2D eigenvalue weighted by Crippen LogP contribution is 2.39. The Balaban J connectivity index is 1.71. The molecule has 0 bridgehead atoms. The lowest BCUT2D eigenvalue weighted by Crippen LogP contribution is -2.29. The number of para-hydroxylation sites is 1. The molecule has 0 saturated carbocycles. The fourth-order valence-corrected chi connectivity index (χ4v) is 4.04. The Kier molecular flexibility index (Phi) is 4.36. The van der Waals surface area contributed by atoms with Crippen LogP contribution in [0.25, 0.3) is 11.0 Å². The van der Waals surface area contributed by atoms with Crippen molar-refractivity contribution < 1.29 is 13.9 Å². The van der Waals surface area contributed by atoms with Crippen molar-refractivity contribution in [2.75, 3.05) is 7.11 Å². The molecule has 4 aromatic rings. The van der Waals surface area contributed by atoms with Gasteiger partial charge in [-0.1, -0.05) is 54.6 Å². The number of hydrogen-bond donors (Lipinski definition) is 0. The van der Waals surface area contributed by atoms with Gasteiger partial charge < -0.3 is 14.1 Å². The van der Waals surface area contributed by atoms with Gasteiger partial charge in [0.25, 0.3) is 5.91 Å². The zero-order valence-electron chi connectivity index (χ0n) is 16.4. The van der Waals surface area contributed by atoms with Crippen LogP contribution in [0, 0.1) is 0 Å². The maximum absolute atomic E-state index is 13.4. The number of nitrogens with zero attached hydrogens (tertiary/aromatic N) is 1. The fraction of sp³-hybridized carbons (Fsp3) is 0.120. The van der Waals surface area contributed by atoms with Gasteiger partial charge in [0.05, 0.1) is 24.1 Å². The lowest BCUT2D eigenvalue weighted by molar-refractivity contribution is 0.0714. The largest absolute Gasteiger partial charge is 0.497 e. The van der Waals surface area contributed by atoms with Crippen LogP contribution in [0.3, 0.4) is 0 Å². The van der Waals surface area contributed by atoms with Crippen LogP contribution in [-0.2, 0) is 6.54 Å². The molecule has 0 saturated heterocycles. The van der Waals surface area contributed by atoms with Crippen molar-refractivity contribution in [2.24, 2.45) is 0 Å². The minimum Gasteiger partial charge on any atom is -0.497 e. The van der Waals surface area contributed by atoms with Crippen LogP contribution in [0.15, 0.2) is 88.1 Å². The lowest BCUT2D eigenvalue weighted by Gasteiger charge is -2.25. The first-order valence-electron chi connectivity index (χ1n) is 9.72. The molecule has 0 radical (unpaired) electrons. The minimum atomic E-state index is -0.528. The molecule has 3 aromatic carbocycles. The van der Waals surface area contributed by atoms with E-state index in [0.29, 0.717) is 28.8 Å². The average Bonchev–Trinajstić information content (AvgIpc) is 3.06. The van der Waals surface area contributed by atoms with Crippen molar-refractivity contribution in [1.82, 2.24) is 4.90 Å². The molecule has 1 unspecified atom stereocenters. The number of methoxy groups -OCH3 is 1. The molecule has 5 nitrogen and oxygen atoms in total. The predicted molar refractivity (Wildman–Crippen MR) is 114 cm³/mol. The maximum atomic E-state index is 13.4. The third-order valence-corrected chi connectivity index (χ3v) is 5.50. The van der Waals surface area contributed by atoms with Gasteiger partial charge in [-0.3, -0.25) is 9.59 Å². The SMILES string of the molecule is COc1ccc(C2c3c(oc4ccccc4c3=O)C(=O)N2Cc2ccccc2)cc1. The van der Waals surface area contributed by atoms with E-state index < -0.39 is 6.04 Å². The zero-order chi connectivity index (χ0) is 20.7. The van der Waals surface area contributed by atoms with Crippen LogP contribution < -0.4 is 10.2 Å². The zero-order valence-corrected chi connectivity index (χ0v) is 16.4. The molecule has 0 N–H and O–H groups in total. The highest BCUT2D eigenvalue weighted by molar-refractivity contribution is 5.99. The Bertz CT molecular complexity index is 1290. The number of benzene rings is 3. The van der Waals surface area contributed by atoms with Gasteiger partial charge >= 0.3 is 0 Å². The van der Waals surface area contributed by atoms with Crippen LogP contribution in [-0.4, -0.2) is 17.9 Å². The first-order chi connectivity index (χ1) is 14.7. The topological polar surface area (TPSA) is 59.8 Å². The summed E-state index contributed by atoms with van der Waals surface area (Å²) >= 11 is 0. The van der Waals surface area contributed by atoms with Crippen molar-refractivity contribution in [3.63, 3.8) is 0 Å². The highest BCUT2D eigenvalue weighted by Gasteiger charge is 2.42. The molecule has 1 aliphatic rings. The van der Waals surface area contributed by atoms with Gasteiger partial charge in [0.1, 0.15) is 11.3 Å². The lowest BCUT2D eigenvalue weighted by atomic mass is 9.98. The molecule has 1 atom stereocenters. The molecular formula is C25H19NO4. The molecule has 1 aliphatic heterocycles. The van der Waals surface area contributed by atoms with Gasteiger partial charge in [-0.25, -0.2) is 0 Å². The number of fused-ring (bicyclic) bond motifs is 2. The van der Waals surface area contributed by atoms with Gasteiger partial charge in [0, 0.05) is 6.54 Å². The summed E-state index contributed by atoms with van der Waals surface area (Å²) in [4.78, 5) is 28.5. The second-order valence-electron chi connectivity index (χ2n) is 7.26. The second kappa shape index (κ2) is 7.19. The number of hydrogen-bond acceptors (Lipinski definition) is 4. The van der Waals surface area contributed by atoms with Crippen LogP contribution in [0.2, 0.25) is 0 Å². The highest BCUT2D eigenvalue weighted by atomic mass is 16.5. The van der Waals surface area contributed by atoms with Crippen molar-refractivity contribution in [3.8, 4) is 5.75 Å². The van der Waals surface area contributed by atoms with Crippen molar-refractivity contribution in [3.05, 3.63) is 112 Å². The van der Waals surface area contributed by atoms with Crippen molar-refractivity contribution in [2.45, 2.75) is 12.6 Å². The van der Waals surface area contributed by atoms with Crippen LogP contribution >= 0.6 is 0 Å². The Morgan fingerprint density at radius 2 is 1.60 bits per heavy atom. The number of carbonyl (C=O) groups excluding carboxylic acids is 1. The Hall–Kier alpha value is -3.86. The van der Waals surface area contributed by atoms with Crippen LogP contribution in [0.5, 0.6) is 5.75 Å². The average molecular weight is 397 g/mol. The van der Waals surface area contributed by atoms with E-state index in [-0.39, 0.29) is 17.1 Å². The smallest absolute Gasteiger partial charge is 0.291 e. The maximum Gasteiger partial charge on any atom is 0.291 e. The quantitative estimate of drug-likeness (QED) is 0.507. The first-order valence-corrected chi connectivity index (χ1v) is 9.72. The van der Waals surface area contributed by atoms with E-state index in [1.807, 2.05) is 54.6 Å². The molecule has 0 aliphatic carbocycles. The molecule has 1 amide bonds.